The van der Waals surface area contributed by atoms with Crippen LogP contribution in [-0.2, 0) is 11.3 Å². The van der Waals surface area contributed by atoms with Crippen LogP contribution in [0.2, 0.25) is 0 Å². The Kier molecular flexibility index (Phi) is 6.63. The van der Waals surface area contributed by atoms with E-state index in [0.29, 0.717) is 11.8 Å². The molecule has 0 aliphatic heterocycles. The molecule has 7 nitrogen and oxygen atoms in total. The Balaban J connectivity index is 1.57. The van der Waals surface area contributed by atoms with Crippen LogP contribution in [0, 0.1) is 6.92 Å². The fraction of sp³-hybridized carbons (Fsp3) is 0.192. The highest BCUT2D eigenvalue weighted by Crippen LogP contribution is 2.32. The van der Waals surface area contributed by atoms with Crippen molar-refractivity contribution in [2.24, 2.45) is 0 Å². The number of aliphatic carboxylic acids is 1. The molecule has 7 heteroatoms. The first-order valence-corrected chi connectivity index (χ1v) is 10.7. The van der Waals surface area contributed by atoms with Crippen molar-refractivity contribution in [3.05, 3.63) is 83.9 Å². The van der Waals surface area contributed by atoms with Gasteiger partial charge in [-0.15, -0.1) is 10.2 Å². The zero-order chi connectivity index (χ0) is 23.4. The molecule has 0 saturated carbocycles. The number of carboxylic acid groups (broad SMARTS) is 1. The second-order valence-corrected chi connectivity index (χ2v) is 7.89. The highest BCUT2D eigenvalue weighted by atomic mass is 16.4. The second kappa shape index (κ2) is 9.77. The summed E-state index contributed by atoms with van der Waals surface area (Å²) in [6.07, 6.45) is -1.01. The van der Waals surface area contributed by atoms with E-state index in [1.807, 2.05) is 61.5 Å². The molecule has 0 spiro atoms. The third-order valence-electron chi connectivity index (χ3n) is 5.52. The molecule has 2 unspecified atom stereocenters. The van der Waals surface area contributed by atoms with Gasteiger partial charge in [-0.3, -0.25) is 10.1 Å². The quantitative estimate of drug-likeness (QED) is 0.372. The summed E-state index contributed by atoms with van der Waals surface area (Å²) in [5.74, 6) is -0.290. The largest absolute Gasteiger partial charge is 0.480 e. The SMILES string of the molecule is Cc1c(-c2ccccc2)cccc1-c1nnc(-c2cccc(CNC(C(=O)O)C(C)O)c2)o1. The van der Waals surface area contributed by atoms with Crippen molar-refractivity contribution in [1.29, 1.82) is 0 Å². The number of nitrogens with zero attached hydrogens (tertiary/aromatic N) is 2. The van der Waals surface area contributed by atoms with Gasteiger partial charge >= 0.3 is 5.97 Å². The van der Waals surface area contributed by atoms with Gasteiger partial charge in [-0.25, -0.2) is 0 Å². The number of rotatable bonds is 8. The van der Waals surface area contributed by atoms with Gasteiger partial charge in [0.15, 0.2) is 0 Å². The Morgan fingerprint density at radius 2 is 1.61 bits per heavy atom. The normalized spacial score (nSPS) is 12.9. The number of nitrogens with one attached hydrogen (secondary N) is 1. The van der Waals surface area contributed by atoms with Crippen molar-refractivity contribution in [2.45, 2.75) is 32.5 Å². The van der Waals surface area contributed by atoms with E-state index in [4.69, 9.17) is 4.42 Å². The van der Waals surface area contributed by atoms with Crippen molar-refractivity contribution in [2.75, 3.05) is 0 Å². The average molecular weight is 444 g/mol. The topological polar surface area (TPSA) is 108 Å². The van der Waals surface area contributed by atoms with E-state index in [9.17, 15) is 15.0 Å². The lowest BCUT2D eigenvalue weighted by Crippen LogP contribution is -2.44. The molecule has 3 N–H and O–H groups in total. The molecule has 0 amide bonds. The number of hydrogen-bond donors (Lipinski definition) is 3. The first-order valence-electron chi connectivity index (χ1n) is 10.7. The van der Waals surface area contributed by atoms with Gasteiger partial charge in [-0.1, -0.05) is 54.6 Å². The van der Waals surface area contributed by atoms with Crippen LogP contribution in [0.4, 0.5) is 0 Å². The van der Waals surface area contributed by atoms with Crippen molar-refractivity contribution >= 4 is 5.97 Å². The summed E-state index contributed by atoms with van der Waals surface area (Å²) in [6, 6.07) is 22.5. The van der Waals surface area contributed by atoms with E-state index in [0.717, 1.165) is 33.4 Å². The fourth-order valence-corrected chi connectivity index (χ4v) is 3.75. The van der Waals surface area contributed by atoms with Crippen LogP contribution in [0.3, 0.4) is 0 Å². The van der Waals surface area contributed by atoms with Gasteiger partial charge in [0.1, 0.15) is 6.04 Å². The molecule has 3 aromatic carbocycles. The maximum Gasteiger partial charge on any atom is 0.323 e. The zero-order valence-corrected chi connectivity index (χ0v) is 18.4. The molecule has 0 fully saturated rings. The zero-order valence-electron chi connectivity index (χ0n) is 18.4. The average Bonchev–Trinajstić information content (AvgIpc) is 3.30. The molecule has 0 bridgehead atoms. The van der Waals surface area contributed by atoms with Crippen molar-refractivity contribution < 1.29 is 19.4 Å². The molecule has 2 atom stereocenters. The van der Waals surface area contributed by atoms with E-state index in [2.05, 4.69) is 33.7 Å². The molecule has 168 valence electrons. The Morgan fingerprint density at radius 1 is 0.939 bits per heavy atom. The third kappa shape index (κ3) is 5.00. The van der Waals surface area contributed by atoms with Crippen LogP contribution < -0.4 is 5.32 Å². The Morgan fingerprint density at radius 3 is 2.33 bits per heavy atom. The van der Waals surface area contributed by atoms with Gasteiger partial charge in [-0.2, -0.15) is 0 Å². The molecule has 0 radical (unpaired) electrons. The molecule has 1 aromatic heterocycles. The van der Waals surface area contributed by atoms with Gasteiger partial charge in [-0.05, 0) is 54.3 Å². The van der Waals surface area contributed by atoms with Crippen LogP contribution >= 0.6 is 0 Å². The first-order chi connectivity index (χ1) is 15.9. The molecule has 1 heterocycles. The van der Waals surface area contributed by atoms with Crippen molar-refractivity contribution in [1.82, 2.24) is 15.5 Å². The molecule has 0 aliphatic carbocycles. The van der Waals surface area contributed by atoms with Crippen molar-refractivity contribution in [3.8, 4) is 34.0 Å². The van der Waals surface area contributed by atoms with Crippen LogP contribution in [0.25, 0.3) is 34.0 Å². The molecule has 0 aliphatic rings. The van der Waals surface area contributed by atoms with Crippen LogP contribution in [0.1, 0.15) is 18.1 Å². The van der Waals surface area contributed by atoms with E-state index in [1.54, 1.807) is 0 Å². The predicted octanol–water partition coefficient (Wildman–Crippen LogP) is 4.30. The summed E-state index contributed by atoms with van der Waals surface area (Å²) in [4.78, 5) is 11.3. The minimum Gasteiger partial charge on any atom is -0.480 e. The molecule has 4 aromatic rings. The van der Waals surface area contributed by atoms with Crippen LogP contribution in [0.15, 0.2) is 77.2 Å². The molecule has 4 rings (SSSR count). The molecule has 33 heavy (non-hydrogen) atoms. The minimum atomic E-state index is -1.10. The van der Waals surface area contributed by atoms with Gasteiger partial charge in [0, 0.05) is 17.7 Å². The molecular weight excluding hydrogens is 418 g/mol. The van der Waals surface area contributed by atoms with E-state index < -0.39 is 18.1 Å². The number of benzene rings is 3. The van der Waals surface area contributed by atoms with Gasteiger partial charge in [0.2, 0.25) is 11.8 Å². The Bertz CT molecular complexity index is 1250. The smallest absolute Gasteiger partial charge is 0.323 e. The highest BCUT2D eigenvalue weighted by molar-refractivity contribution is 5.75. The van der Waals surface area contributed by atoms with E-state index in [-0.39, 0.29) is 6.54 Å². The summed E-state index contributed by atoms with van der Waals surface area (Å²) in [5, 5.41) is 30.2. The van der Waals surface area contributed by atoms with Gasteiger partial charge in [0.25, 0.3) is 0 Å². The number of aliphatic hydroxyl groups excluding tert-OH is 1. The molecule has 0 saturated heterocycles. The summed E-state index contributed by atoms with van der Waals surface area (Å²) < 4.78 is 6.01. The molecular formula is C26H25N3O4. The van der Waals surface area contributed by atoms with Gasteiger partial charge < -0.3 is 14.6 Å². The van der Waals surface area contributed by atoms with E-state index >= 15 is 0 Å². The highest BCUT2D eigenvalue weighted by Gasteiger charge is 2.22. The van der Waals surface area contributed by atoms with Crippen LogP contribution in [0.5, 0.6) is 0 Å². The summed E-state index contributed by atoms with van der Waals surface area (Å²) in [5.41, 5.74) is 5.71. The van der Waals surface area contributed by atoms with E-state index in [1.165, 1.54) is 6.92 Å². The summed E-state index contributed by atoms with van der Waals surface area (Å²) >= 11 is 0. The number of carbonyl (C=O) groups is 1. The van der Waals surface area contributed by atoms with Crippen LogP contribution in [-0.4, -0.2) is 38.5 Å². The maximum atomic E-state index is 11.3. The number of hydrogen-bond acceptors (Lipinski definition) is 6. The van der Waals surface area contributed by atoms with Gasteiger partial charge in [0.05, 0.1) is 6.10 Å². The van der Waals surface area contributed by atoms with Crippen molar-refractivity contribution in [3.63, 3.8) is 0 Å². The number of carboxylic acids is 1. The first kappa shape index (κ1) is 22.4. The lowest BCUT2D eigenvalue weighted by Gasteiger charge is -2.17. The number of aliphatic hydroxyl groups is 1. The summed E-state index contributed by atoms with van der Waals surface area (Å²) in [6.45, 7) is 3.75. The second-order valence-electron chi connectivity index (χ2n) is 7.89. The maximum absolute atomic E-state index is 11.3. The summed E-state index contributed by atoms with van der Waals surface area (Å²) in [7, 11) is 0. The third-order valence-corrected chi connectivity index (χ3v) is 5.52. The number of aromatic nitrogens is 2. The monoisotopic (exact) mass is 443 g/mol. The minimum absolute atomic E-state index is 0.273. The lowest BCUT2D eigenvalue weighted by atomic mass is 9.96. The predicted molar refractivity (Wildman–Crippen MR) is 125 cm³/mol. The standard InChI is InChI=1S/C26H25N3O4/c1-16-21(19-9-4-3-5-10-19)12-7-13-22(16)25-29-28-24(33-25)20-11-6-8-18(14-20)15-27-23(17(2)30)26(31)32/h3-14,17,23,27,30H,15H2,1-2H3,(H,31,32). The Labute approximate surface area is 191 Å². The Hall–Kier alpha value is -3.81. The lowest BCUT2D eigenvalue weighted by molar-refractivity contribution is -0.142. The fourth-order valence-electron chi connectivity index (χ4n) is 3.75.